The second kappa shape index (κ2) is 12.1. The lowest BCUT2D eigenvalue weighted by Crippen LogP contribution is -2.47. The van der Waals surface area contributed by atoms with Gasteiger partial charge in [-0.1, -0.05) is 25.4 Å². The molecule has 33 heavy (non-hydrogen) atoms. The molecule has 2 fully saturated rings. The lowest BCUT2D eigenvalue weighted by atomic mass is 10.1. The van der Waals surface area contributed by atoms with Gasteiger partial charge < -0.3 is 20.3 Å². The van der Waals surface area contributed by atoms with Gasteiger partial charge in [0.05, 0.1) is 36.0 Å². The standard InChI is InChI=1S/C18H31ClN4O3S.C2H2O4/c1-13(2)10-22-5-6-26-16(11-22)8-20-9-17-14(3)21-23(18(17)19)15-4-7-27(24,25)12-15;3-1(4)2(5)6/h13,15-16,20H,4-12H2,1-3H3;(H,3,4)(H,5,6). The molecule has 13 heteroatoms. The van der Waals surface area contributed by atoms with Crippen LogP contribution < -0.4 is 5.32 Å². The summed E-state index contributed by atoms with van der Waals surface area (Å²) in [6.07, 6.45) is 0.754. The van der Waals surface area contributed by atoms with Crippen molar-refractivity contribution in [3.8, 4) is 0 Å². The molecule has 2 aliphatic rings. The quantitative estimate of drug-likeness (QED) is 0.451. The molecule has 0 amide bonds. The van der Waals surface area contributed by atoms with E-state index < -0.39 is 21.8 Å². The molecule has 2 saturated heterocycles. The fourth-order valence-electron chi connectivity index (χ4n) is 3.91. The molecule has 0 saturated carbocycles. The molecule has 0 spiro atoms. The van der Waals surface area contributed by atoms with Crippen LogP contribution in [0.4, 0.5) is 0 Å². The molecule has 0 aliphatic carbocycles. The Morgan fingerprint density at radius 3 is 2.52 bits per heavy atom. The summed E-state index contributed by atoms with van der Waals surface area (Å²) in [5, 5.41) is 23.3. The van der Waals surface area contributed by atoms with Crippen LogP contribution in [0.1, 0.15) is 37.6 Å². The van der Waals surface area contributed by atoms with Gasteiger partial charge in [-0.15, -0.1) is 0 Å². The molecule has 3 rings (SSSR count). The van der Waals surface area contributed by atoms with Crippen molar-refractivity contribution in [3.63, 3.8) is 0 Å². The first-order valence-corrected chi connectivity index (χ1v) is 13.0. The van der Waals surface area contributed by atoms with Crippen LogP contribution in [0.5, 0.6) is 0 Å². The van der Waals surface area contributed by atoms with E-state index in [1.807, 2.05) is 6.92 Å². The number of rotatable bonds is 7. The Hall–Kier alpha value is -1.73. The van der Waals surface area contributed by atoms with Gasteiger partial charge in [0.25, 0.3) is 0 Å². The fourth-order valence-corrected chi connectivity index (χ4v) is 5.98. The van der Waals surface area contributed by atoms with Gasteiger partial charge in [-0.25, -0.2) is 22.7 Å². The summed E-state index contributed by atoms with van der Waals surface area (Å²) in [7, 11) is -2.97. The molecule has 1 aromatic rings. The number of hydrogen-bond acceptors (Lipinski definition) is 8. The van der Waals surface area contributed by atoms with Gasteiger partial charge in [0.1, 0.15) is 5.15 Å². The third-order valence-corrected chi connectivity index (χ3v) is 7.55. The highest BCUT2D eigenvalue weighted by Gasteiger charge is 2.32. The second-order valence-electron chi connectivity index (χ2n) is 8.74. The lowest BCUT2D eigenvalue weighted by Gasteiger charge is -2.34. The SMILES string of the molecule is Cc1nn(C2CCS(=O)(=O)C2)c(Cl)c1CNCC1CN(CC(C)C)CCO1.O=C(O)C(=O)O. The number of sulfone groups is 1. The van der Waals surface area contributed by atoms with Gasteiger partial charge in [0, 0.05) is 38.3 Å². The van der Waals surface area contributed by atoms with Crippen molar-refractivity contribution in [2.45, 2.75) is 45.9 Å². The van der Waals surface area contributed by atoms with E-state index in [2.05, 4.69) is 29.2 Å². The first-order chi connectivity index (χ1) is 15.4. The van der Waals surface area contributed by atoms with E-state index in [1.54, 1.807) is 4.68 Å². The lowest BCUT2D eigenvalue weighted by molar-refractivity contribution is -0.159. The first-order valence-electron chi connectivity index (χ1n) is 10.8. The minimum atomic E-state index is -2.97. The van der Waals surface area contributed by atoms with E-state index >= 15 is 0 Å². The largest absolute Gasteiger partial charge is 0.473 e. The summed E-state index contributed by atoms with van der Waals surface area (Å²) < 4.78 is 31.1. The highest BCUT2D eigenvalue weighted by molar-refractivity contribution is 7.91. The topological polar surface area (TPSA) is 151 Å². The number of ether oxygens (including phenoxy) is 1. The summed E-state index contributed by atoms with van der Waals surface area (Å²) in [5.74, 6) is -2.65. The van der Waals surface area contributed by atoms with Crippen molar-refractivity contribution < 1.29 is 33.0 Å². The number of nitrogens with zero attached hydrogens (tertiary/aromatic N) is 3. The van der Waals surface area contributed by atoms with E-state index in [1.165, 1.54) is 0 Å². The maximum Gasteiger partial charge on any atom is 0.414 e. The predicted molar refractivity (Wildman–Crippen MR) is 122 cm³/mol. The van der Waals surface area contributed by atoms with Crippen LogP contribution in [0.25, 0.3) is 0 Å². The number of carbonyl (C=O) groups is 2. The minimum Gasteiger partial charge on any atom is -0.473 e. The molecule has 0 aromatic carbocycles. The average Bonchev–Trinajstić information content (AvgIpc) is 3.21. The Labute approximate surface area is 199 Å². The van der Waals surface area contributed by atoms with E-state index in [0.717, 1.165) is 44.0 Å². The maximum absolute atomic E-state index is 11.7. The Balaban J connectivity index is 0.000000569. The molecule has 0 radical (unpaired) electrons. The van der Waals surface area contributed by atoms with Crippen molar-refractivity contribution in [1.82, 2.24) is 20.0 Å². The van der Waals surface area contributed by atoms with Crippen LogP contribution in [0.15, 0.2) is 0 Å². The highest BCUT2D eigenvalue weighted by Crippen LogP contribution is 2.29. The van der Waals surface area contributed by atoms with Crippen molar-refractivity contribution >= 4 is 33.4 Å². The number of aryl methyl sites for hydroxylation is 1. The number of aromatic nitrogens is 2. The van der Waals surface area contributed by atoms with Gasteiger partial charge in [-0.05, 0) is 19.3 Å². The van der Waals surface area contributed by atoms with Crippen molar-refractivity contribution in [1.29, 1.82) is 0 Å². The smallest absolute Gasteiger partial charge is 0.414 e. The zero-order valence-corrected chi connectivity index (χ0v) is 20.7. The van der Waals surface area contributed by atoms with Crippen LogP contribution in [0.3, 0.4) is 0 Å². The monoisotopic (exact) mass is 508 g/mol. The van der Waals surface area contributed by atoms with E-state index in [-0.39, 0.29) is 23.7 Å². The molecule has 3 heterocycles. The van der Waals surface area contributed by atoms with Crippen LogP contribution in [0.2, 0.25) is 5.15 Å². The van der Waals surface area contributed by atoms with Gasteiger partial charge in [0.2, 0.25) is 0 Å². The molecular formula is C20H33ClN4O7S. The van der Waals surface area contributed by atoms with Crippen LogP contribution in [-0.4, -0.2) is 95.6 Å². The molecule has 188 valence electrons. The average molecular weight is 509 g/mol. The summed E-state index contributed by atoms with van der Waals surface area (Å²) in [6.45, 7) is 11.6. The van der Waals surface area contributed by atoms with E-state index in [9.17, 15) is 8.42 Å². The Morgan fingerprint density at radius 1 is 1.30 bits per heavy atom. The van der Waals surface area contributed by atoms with Gasteiger partial charge in [-0.2, -0.15) is 5.10 Å². The summed E-state index contributed by atoms with van der Waals surface area (Å²) in [5.41, 5.74) is 1.79. The number of carboxylic acids is 2. The zero-order valence-electron chi connectivity index (χ0n) is 19.2. The van der Waals surface area contributed by atoms with Crippen LogP contribution in [0, 0.1) is 12.8 Å². The van der Waals surface area contributed by atoms with Crippen LogP contribution >= 0.6 is 11.6 Å². The van der Waals surface area contributed by atoms with E-state index in [4.69, 9.17) is 36.1 Å². The minimum absolute atomic E-state index is 0.127. The fraction of sp³-hybridized carbons (Fsp3) is 0.750. The number of nitrogens with one attached hydrogen (secondary N) is 1. The number of hydrogen-bond donors (Lipinski definition) is 3. The van der Waals surface area contributed by atoms with Crippen molar-refractivity contribution in [3.05, 3.63) is 16.4 Å². The number of aliphatic carboxylic acids is 2. The van der Waals surface area contributed by atoms with Crippen molar-refractivity contribution in [2.24, 2.45) is 5.92 Å². The molecule has 3 N–H and O–H groups in total. The van der Waals surface area contributed by atoms with Gasteiger partial charge in [0.15, 0.2) is 9.84 Å². The first kappa shape index (κ1) is 27.5. The molecule has 11 nitrogen and oxygen atoms in total. The number of halogens is 1. The highest BCUT2D eigenvalue weighted by atomic mass is 35.5. The third-order valence-electron chi connectivity index (χ3n) is 5.40. The summed E-state index contributed by atoms with van der Waals surface area (Å²) >= 11 is 6.53. The Morgan fingerprint density at radius 2 is 1.97 bits per heavy atom. The number of carboxylic acid groups (broad SMARTS) is 2. The molecule has 2 unspecified atom stereocenters. The summed E-state index contributed by atoms with van der Waals surface area (Å²) in [4.78, 5) is 20.7. The third kappa shape index (κ3) is 8.53. The molecule has 2 aliphatic heterocycles. The predicted octanol–water partition coefficient (Wildman–Crippen LogP) is 0.807. The summed E-state index contributed by atoms with van der Waals surface area (Å²) in [6, 6.07) is -0.152. The van der Waals surface area contributed by atoms with Gasteiger partial charge in [-0.3, -0.25) is 4.90 Å². The van der Waals surface area contributed by atoms with Gasteiger partial charge >= 0.3 is 11.9 Å². The van der Waals surface area contributed by atoms with E-state index in [0.29, 0.717) is 24.0 Å². The Kier molecular flexibility index (Phi) is 10.1. The number of morpholine rings is 1. The second-order valence-corrected chi connectivity index (χ2v) is 11.3. The molecule has 0 bridgehead atoms. The van der Waals surface area contributed by atoms with Crippen molar-refractivity contribution in [2.75, 3.05) is 44.3 Å². The molecular weight excluding hydrogens is 476 g/mol. The molecule has 1 aromatic heterocycles. The Bertz CT molecular complexity index is 923. The maximum atomic E-state index is 11.7. The molecule has 2 atom stereocenters. The zero-order chi connectivity index (χ0) is 24.8. The van der Waals surface area contributed by atoms with Crippen LogP contribution in [-0.2, 0) is 30.7 Å². The normalized spacial score (nSPS) is 22.7.